The lowest BCUT2D eigenvalue weighted by Crippen LogP contribution is -2.15. The molecule has 1 rings (SSSR count). The lowest BCUT2D eigenvalue weighted by atomic mass is 9.97. The van der Waals surface area contributed by atoms with E-state index in [0.29, 0.717) is 11.3 Å². The van der Waals surface area contributed by atoms with Crippen LogP contribution in [0.1, 0.15) is 36.9 Å². The monoisotopic (exact) mass is 273 g/mol. The number of hydrogen-bond donors (Lipinski definition) is 2. The first-order valence-corrected chi connectivity index (χ1v) is 5.79. The molecule has 0 saturated heterocycles. The van der Waals surface area contributed by atoms with Crippen molar-refractivity contribution in [3.63, 3.8) is 0 Å². The highest BCUT2D eigenvalue weighted by Gasteiger charge is 2.26. The first kappa shape index (κ1) is 15.4. The Morgan fingerprint density at radius 2 is 2.16 bits per heavy atom. The van der Waals surface area contributed by atoms with Gasteiger partial charge in [-0.3, -0.25) is 4.79 Å². The van der Waals surface area contributed by atoms with Crippen molar-refractivity contribution in [2.24, 2.45) is 5.73 Å². The van der Waals surface area contributed by atoms with Crippen LogP contribution in [0.15, 0.2) is 18.2 Å². The van der Waals surface area contributed by atoms with E-state index in [4.69, 9.17) is 15.6 Å². The second kappa shape index (κ2) is 5.97. The zero-order valence-electron chi connectivity index (χ0n) is 10.8. The number of carboxylic acid groups (broad SMARTS) is 1. The summed E-state index contributed by atoms with van der Waals surface area (Å²) in [5, 5.41) is 8.61. The molecule has 106 valence electrons. The Morgan fingerprint density at radius 3 is 2.63 bits per heavy atom. The third-order valence-electron chi connectivity index (χ3n) is 2.81. The smallest absolute Gasteiger partial charge is 0.303 e. The van der Waals surface area contributed by atoms with E-state index in [1.807, 2.05) is 0 Å². The van der Waals surface area contributed by atoms with Gasteiger partial charge >= 0.3 is 5.97 Å². The van der Waals surface area contributed by atoms with E-state index in [1.165, 1.54) is 25.3 Å². The second-order valence-corrected chi connectivity index (χ2v) is 4.38. The molecule has 0 bridgehead atoms. The van der Waals surface area contributed by atoms with Crippen LogP contribution in [-0.2, 0) is 10.7 Å². The molecule has 1 aromatic carbocycles. The van der Waals surface area contributed by atoms with Gasteiger partial charge in [0.2, 0.25) is 0 Å². The molecule has 4 nitrogen and oxygen atoms in total. The summed E-state index contributed by atoms with van der Waals surface area (Å²) in [4.78, 5) is 10.5. The molecule has 0 aromatic heterocycles. The Morgan fingerprint density at radius 1 is 1.53 bits per heavy atom. The standard InChI is InChI=1S/C13H17F2NO3/c1-13(14,15)8-3-5-11(19-2)9(7-8)10(16)4-6-12(17)18/h3,5,7,10H,4,6,16H2,1-2H3,(H,17,18). The van der Waals surface area contributed by atoms with E-state index in [-0.39, 0.29) is 18.4 Å². The van der Waals surface area contributed by atoms with Crippen LogP contribution in [-0.4, -0.2) is 18.2 Å². The van der Waals surface area contributed by atoms with Gasteiger partial charge in [-0.25, -0.2) is 8.78 Å². The molecule has 19 heavy (non-hydrogen) atoms. The summed E-state index contributed by atoms with van der Waals surface area (Å²) in [7, 11) is 1.41. The molecule has 0 aliphatic heterocycles. The van der Waals surface area contributed by atoms with Crippen LogP contribution >= 0.6 is 0 Å². The largest absolute Gasteiger partial charge is 0.496 e. The number of nitrogens with two attached hydrogens (primary N) is 1. The van der Waals surface area contributed by atoms with Gasteiger partial charge in [-0.1, -0.05) is 0 Å². The Hall–Kier alpha value is -1.69. The van der Waals surface area contributed by atoms with E-state index in [9.17, 15) is 13.6 Å². The van der Waals surface area contributed by atoms with Crippen molar-refractivity contribution in [1.29, 1.82) is 0 Å². The van der Waals surface area contributed by atoms with Crippen LogP contribution in [0.25, 0.3) is 0 Å². The number of benzene rings is 1. The van der Waals surface area contributed by atoms with Crippen molar-refractivity contribution < 1.29 is 23.4 Å². The lowest BCUT2D eigenvalue weighted by Gasteiger charge is -2.18. The van der Waals surface area contributed by atoms with Crippen LogP contribution in [0.4, 0.5) is 8.78 Å². The fourth-order valence-corrected chi connectivity index (χ4v) is 1.73. The fourth-order valence-electron chi connectivity index (χ4n) is 1.73. The Kier molecular flexibility index (Phi) is 4.83. The lowest BCUT2D eigenvalue weighted by molar-refractivity contribution is -0.137. The van der Waals surface area contributed by atoms with Crippen LogP contribution in [0.3, 0.4) is 0 Å². The predicted molar refractivity (Wildman–Crippen MR) is 66.4 cm³/mol. The molecule has 0 aliphatic carbocycles. The van der Waals surface area contributed by atoms with Gasteiger partial charge in [-0.2, -0.15) is 0 Å². The molecule has 0 heterocycles. The molecule has 1 atom stereocenters. The molecule has 1 unspecified atom stereocenters. The number of halogens is 2. The quantitative estimate of drug-likeness (QED) is 0.835. The van der Waals surface area contributed by atoms with Crippen molar-refractivity contribution in [1.82, 2.24) is 0 Å². The average Bonchev–Trinajstić information content (AvgIpc) is 2.33. The summed E-state index contributed by atoms with van der Waals surface area (Å²) in [6, 6.07) is 3.30. The average molecular weight is 273 g/mol. The van der Waals surface area contributed by atoms with Gasteiger partial charge in [0, 0.05) is 30.5 Å². The first-order chi connectivity index (χ1) is 8.75. The number of methoxy groups -OCH3 is 1. The highest BCUT2D eigenvalue weighted by atomic mass is 19.3. The Bertz CT molecular complexity index is 458. The number of ether oxygens (including phenoxy) is 1. The maximum absolute atomic E-state index is 13.3. The number of alkyl halides is 2. The van der Waals surface area contributed by atoms with Crippen molar-refractivity contribution in [3.05, 3.63) is 29.3 Å². The van der Waals surface area contributed by atoms with Gasteiger partial charge in [0.15, 0.2) is 0 Å². The molecule has 6 heteroatoms. The molecule has 0 saturated carbocycles. The van der Waals surface area contributed by atoms with E-state index >= 15 is 0 Å². The SMILES string of the molecule is COc1ccc(C(C)(F)F)cc1C(N)CCC(=O)O. The third kappa shape index (κ3) is 4.17. The fraction of sp³-hybridized carbons (Fsp3) is 0.462. The summed E-state index contributed by atoms with van der Waals surface area (Å²) >= 11 is 0. The van der Waals surface area contributed by atoms with Crippen molar-refractivity contribution in [3.8, 4) is 5.75 Å². The van der Waals surface area contributed by atoms with E-state index in [1.54, 1.807) is 0 Å². The topological polar surface area (TPSA) is 72.5 Å². The molecule has 0 spiro atoms. The Labute approximate surface area is 110 Å². The summed E-state index contributed by atoms with van der Waals surface area (Å²) in [5.74, 6) is -3.58. The number of carbonyl (C=O) groups is 1. The molecule has 1 aromatic rings. The zero-order chi connectivity index (χ0) is 14.6. The number of aliphatic carboxylic acids is 1. The maximum Gasteiger partial charge on any atom is 0.303 e. The molecular weight excluding hydrogens is 256 g/mol. The van der Waals surface area contributed by atoms with Crippen LogP contribution in [0.5, 0.6) is 5.75 Å². The van der Waals surface area contributed by atoms with Crippen molar-refractivity contribution in [2.75, 3.05) is 7.11 Å². The second-order valence-electron chi connectivity index (χ2n) is 4.38. The molecular formula is C13H17F2NO3. The van der Waals surface area contributed by atoms with Gasteiger partial charge in [0.1, 0.15) is 5.75 Å². The molecule has 0 fully saturated rings. The van der Waals surface area contributed by atoms with Gasteiger partial charge < -0.3 is 15.6 Å². The summed E-state index contributed by atoms with van der Waals surface area (Å²) in [5.41, 5.74) is 6.06. The highest BCUT2D eigenvalue weighted by molar-refractivity contribution is 5.66. The summed E-state index contributed by atoms with van der Waals surface area (Å²) < 4.78 is 31.6. The third-order valence-corrected chi connectivity index (χ3v) is 2.81. The van der Waals surface area contributed by atoms with Crippen LogP contribution in [0.2, 0.25) is 0 Å². The summed E-state index contributed by atoms with van der Waals surface area (Å²) in [6.07, 6.45) is 0.0293. The normalized spacial score (nSPS) is 13.1. The van der Waals surface area contributed by atoms with Crippen molar-refractivity contribution >= 4 is 5.97 Å². The minimum absolute atomic E-state index is 0.128. The first-order valence-electron chi connectivity index (χ1n) is 5.79. The van der Waals surface area contributed by atoms with Crippen LogP contribution < -0.4 is 10.5 Å². The van der Waals surface area contributed by atoms with Gasteiger partial charge in [0.25, 0.3) is 5.92 Å². The molecule has 0 aliphatic rings. The van der Waals surface area contributed by atoms with Gasteiger partial charge in [-0.05, 0) is 24.6 Å². The minimum atomic E-state index is -2.98. The molecule has 0 amide bonds. The maximum atomic E-state index is 13.3. The number of rotatable bonds is 6. The van der Waals surface area contributed by atoms with Crippen LogP contribution in [0, 0.1) is 0 Å². The van der Waals surface area contributed by atoms with Crippen molar-refractivity contribution in [2.45, 2.75) is 31.7 Å². The summed E-state index contributed by atoms with van der Waals surface area (Å²) in [6.45, 7) is 0.793. The number of carboxylic acids is 1. The number of hydrogen-bond acceptors (Lipinski definition) is 3. The predicted octanol–water partition coefficient (Wildman–Crippen LogP) is 2.67. The van der Waals surface area contributed by atoms with Gasteiger partial charge in [-0.15, -0.1) is 0 Å². The Balaban J connectivity index is 3.05. The molecule has 3 N–H and O–H groups in total. The van der Waals surface area contributed by atoms with E-state index in [2.05, 4.69) is 0 Å². The zero-order valence-corrected chi connectivity index (χ0v) is 10.8. The highest BCUT2D eigenvalue weighted by Crippen LogP contribution is 2.34. The molecule has 0 radical (unpaired) electrons. The van der Waals surface area contributed by atoms with E-state index < -0.39 is 17.9 Å². The minimum Gasteiger partial charge on any atom is -0.496 e. The van der Waals surface area contributed by atoms with Gasteiger partial charge in [0.05, 0.1) is 7.11 Å². The van der Waals surface area contributed by atoms with E-state index in [0.717, 1.165) is 6.92 Å².